The number of furan rings is 1. The molecule has 0 aliphatic rings. The molecule has 0 fully saturated rings. The van der Waals surface area contributed by atoms with Crippen molar-refractivity contribution < 1.29 is 13.9 Å². The molecule has 1 unspecified atom stereocenters. The number of hydrogen-bond acceptors (Lipinski definition) is 5. The van der Waals surface area contributed by atoms with E-state index in [0.29, 0.717) is 45.9 Å². The van der Waals surface area contributed by atoms with Crippen molar-refractivity contribution in [2.45, 2.75) is 25.9 Å². The Kier molecular flexibility index (Phi) is 7.42. The Morgan fingerprint density at radius 2 is 1.76 bits per heavy atom. The van der Waals surface area contributed by atoms with Gasteiger partial charge in [-0.2, -0.15) is 0 Å². The molecule has 0 saturated heterocycles. The summed E-state index contributed by atoms with van der Waals surface area (Å²) in [6, 6.07) is 24.8. The molecule has 1 atom stereocenters. The van der Waals surface area contributed by atoms with Crippen LogP contribution in [0.25, 0.3) is 16.6 Å². The lowest BCUT2D eigenvalue weighted by molar-refractivity contribution is 0.0624. The number of hydrogen-bond donors (Lipinski definition) is 0. The summed E-state index contributed by atoms with van der Waals surface area (Å²) in [5, 5.41) is 0.480. The Morgan fingerprint density at radius 3 is 2.47 bits per heavy atom. The zero-order valence-corrected chi connectivity index (χ0v) is 22.6. The SMILES string of the molecule is CCC(c1nc2ccccc2c(=O)n1-c1ccccc1OC)N(Cc1ccco1)C(=O)c1ccc(Br)cc1. The predicted octanol–water partition coefficient (Wildman–Crippen LogP) is 6.54. The van der Waals surface area contributed by atoms with Crippen molar-refractivity contribution in [1.29, 1.82) is 0 Å². The van der Waals surface area contributed by atoms with Crippen LogP contribution in [0, 0.1) is 0 Å². The topological polar surface area (TPSA) is 77.6 Å². The van der Waals surface area contributed by atoms with Crippen molar-refractivity contribution in [3.05, 3.63) is 123 Å². The van der Waals surface area contributed by atoms with Crippen LogP contribution in [0.2, 0.25) is 0 Å². The lowest BCUT2D eigenvalue weighted by atomic mass is 10.1. The number of carbonyl (C=O) groups is 1. The molecule has 5 aromatic rings. The molecule has 0 aliphatic carbocycles. The maximum Gasteiger partial charge on any atom is 0.266 e. The number of rotatable bonds is 8. The second kappa shape index (κ2) is 11.1. The minimum absolute atomic E-state index is 0.199. The number of amides is 1. The Morgan fingerprint density at radius 1 is 1.03 bits per heavy atom. The molecular formula is C30H26BrN3O4. The van der Waals surface area contributed by atoms with Crippen LogP contribution in [0.4, 0.5) is 0 Å². The zero-order valence-electron chi connectivity index (χ0n) is 21.0. The third-order valence-electron chi connectivity index (χ3n) is 6.45. The lowest BCUT2D eigenvalue weighted by Crippen LogP contribution is -2.38. The quantitative estimate of drug-likeness (QED) is 0.211. The lowest BCUT2D eigenvalue weighted by Gasteiger charge is -2.32. The average Bonchev–Trinajstić information content (AvgIpc) is 3.46. The first-order valence-corrected chi connectivity index (χ1v) is 13.0. The molecule has 0 radical (unpaired) electrons. The van der Waals surface area contributed by atoms with E-state index in [-0.39, 0.29) is 18.0 Å². The molecule has 38 heavy (non-hydrogen) atoms. The molecule has 192 valence electrons. The highest BCUT2D eigenvalue weighted by molar-refractivity contribution is 9.10. The third kappa shape index (κ3) is 4.87. The van der Waals surface area contributed by atoms with Gasteiger partial charge in [-0.15, -0.1) is 0 Å². The molecule has 8 heteroatoms. The number of carbonyl (C=O) groups excluding carboxylic acids is 1. The molecule has 0 bridgehead atoms. The average molecular weight is 572 g/mol. The van der Waals surface area contributed by atoms with Crippen LogP contribution in [0.1, 0.15) is 41.3 Å². The summed E-state index contributed by atoms with van der Waals surface area (Å²) in [4.78, 5) is 34.7. The van der Waals surface area contributed by atoms with Gasteiger partial charge in [-0.25, -0.2) is 4.98 Å². The number of methoxy groups -OCH3 is 1. The molecule has 2 aromatic heterocycles. The van der Waals surface area contributed by atoms with Crippen molar-refractivity contribution in [2.75, 3.05) is 7.11 Å². The highest BCUT2D eigenvalue weighted by Gasteiger charge is 2.31. The number of para-hydroxylation sites is 3. The standard InChI is InChI=1S/C30H26BrN3O4/c1-3-25(33(19-22-9-8-18-38-22)29(35)20-14-16-21(31)17-15-20)28-32-24-11-5-4-10-23(24)30(36)34(28)26-12-6-7-13-27(26)37-2/h4-18,25H,3,19H2,1-2H3. The molecule has 0 aliphatic heterocycles. The van der Waals surface area contributed by atoms with Gasteiger partial charge in [0.05, 0.1) is 42.5 Å². The molecule has 1 amide bonds. The number of ether oxygens (including phenoxy) is 1. The van der Waals surface area contributed by atoms with Crippen molar-refractivity contribution in [2.24, 2.45) is 0 Å². The van der Waals surface area contributed by atoms with Gasteiger partial charge in [0.2, 0.25) is 0 Å². The van der Waals surface area contributed by atoms with Gasteiger partial charge in [0, 0.05) is 10.0 Å². The van der Waals surface area contributed by atoms with E-state index >= 15 is 0 Å². The highest BCUT2D eigenvalue weighted by atomic mass is 79.9. The Bertz CT molecular complexity index is 1630. The van der Waals surface area contributed by atoms with Gasteiger partial charge in [0.25, 0.3) is 11.5 Å². The van der Waals surface area contributed by atoms with Gasteiger partial charge in [-0.05, 0) is 67.1 Å². The maximum atomic E-state index is 14.0. The molecule has 2 heterocycles. The summed E-state index contributed by atoms with van der Waals surface area (Å²) in [5.74, 6) is 1.40. The number of nitrogens with zero attached hydrogens (tertiary/aromatic N) is 3. The van der Waals surface area contributed by atoms with Crippen LogP contribution in [-0.2, 0) is 6.54 Å². The van der Waals surface area contributed by atoms with E-state index in [0.717, 1.165) is 4.47 Å². The summed E-state index contributed by atoms with van der Waals surface area (Å²) < 4.78 is 13.7. The van der Waals surface area contributed by atoms with Crippen molar-refractivity contribution >= 4 is 32.7 Å². The monoisotopic (exact) mass is 571 g/mol. The first kappa shape index (κ1) is 25.5. The van der Waals surface area contributed by atoms with Gasteiger partial charge < -0.3 is 14.1 Å². The fourth-order valence-electron chi connectivity index (χ4n) is 4.62. The van der Waals surface area contributed by atoms with Crippen LogP contribution >= 0.6 is 15.9 Å². The van der Waals surface area contributed by atoms with E-state index in [4.69, 9.17) is 14.1 Å². The van der Waals surface area contributed by atoms with Gasteiger partial charge in [0.15, 0.2) is 0 Å². The molecule has 0 spiro atoms. The molecule has 0 N–H and O–H groups in total. The van der Waals surface area contributed by atoms with Crippen LogP contribution in [0.15, 0.2) is 105 Å². The van der Waals surface area contributed by atoms with Gasteiger partial charge in [-0.1, -0.05) is 47.1 Å². The van der Waals surface area contributed by atoms with E-state index in [1.807, 2.05) is 61.5 Å². The maximum absolute atomic E-state index is 14.0. The van der Waals surface area contributed by atoms with Gasteiger partial charge >= 0.3 is 0 Å². The fraction of sp³-hybridized carbons (Fsp3) is 0.167. The van der Waals surface area contributed by atoms with Crippen molar-refractivity contribution in [3.8, 4) is 11.4 Å². The van der Waals surface area contributed by atoms with Crippen LogP contribution < -0.4 is 10.3 Å². The van der Waals surface area contributed by atoms with Crippen LogP contribution in [-0.4, -0.2) is 27.5 Å². The van der Waals surface area contributed by atoms with E-state index in [1.165, 1.54) is 0 Å². The normalized spacial score (nSPS) is 11.9. The number of halogens is 1. The Balaban J connectivity index is 1.75. The largest absolute Gasteiger partial charge is 0.495 e. The van der Waals surface area contributed by atoms with Gasteiger partial charge in [-0.3, -0.25) is 14.2 Å². The molecular weight excluding hydrogens is 546 g/mol. The van der Waals surface area contributed by atoms with Crippen LogP contribution in [0.3, 0.4) is 0 Å². The van der Waals surface area contributed by atoms with E-state index in [9.17, 15) is 9.59 Å². The highest BCUT2D eigenvalue weighted by Crippen LogP contribution is 2.31. The first-order chi connectivity index (χ1) is 18.5. The summed E-state index contributed by atoms with van der Waals surface area (Å²) >= 11 is 3.44. The molecule has 0 saturated carbocycles. The summed E-state index contributed by atoms with van der Waals surface area (Å²) in [6.45, 7) is 2.18. The van der Waals surface area contributed by atoms with E-state index in [1.54, 1.807) is 53.2 Å². The number of aromatic nitrogens is 2. The van der Waals surface area contributed by atoms with Crippen molar-refractivity contribution in [3.63, 3.8) is 0 Å². The Labute approximate surface area is 228 Å². The smallest absolute Gasteiger partial charge is 0.266 e. The number of benzene rings is 3. The molecule has 5 rings (SSSR count). The van der Waals surface area contributed by atoms with Crippen LogP contribution in [0.5, 0.6) is 5.75 Å². The zero-order chi connectivity index (χ0) is 26.6. The fourth-order valence-corrected chi connectivity index (χ4v) is 4.88. The Hall–Kier alpha value is -4.17. The predicted molar refractivity (Wildman–Crippen MR) is 150 cm³/mol. The summed E-state index contributed by atoms with van der Waals surface area (Å²) in [7, 11) is 1.57. The summed E-state index contributed by atoms with van der Waals surface area (Å²) in [5.41, 5.74) is 1.40. The second-order valence-corrected chi connectivity index (χ2v) is 9.66. The minimum Gasteiger partial charge on any atom is -0.495 e. The first-order valence-electron chi connectivity index (χ1n) is 12.3. The van der Waals surface area contributed by atoms with Gasteiger partial charge in [0.1, 0.15) is 17.3 Å². The van der Waals surface area contributed by atoms with Crippen molar-refractivity contribution in [1.82, 2.24) is 14.5 Å². The minimum atomic E-state index is -0.557. The molecule has 3 aromatic carbocycles. The van der Waals surface area contributed by atoms with E-state index < -0.39 is 6.04 Å². The third-order valence-corrected chi connectivity index (χ3v) is 6.98. The number of fused-ring (bicyclic) bond motifs is 1. The summed E-state index contributed by atoms with van der Waals surface area (Å²) in [6.07, 6.45) is 2.08. The second-order valence-electron chi connectivity index (χ2n) is 8.74. The molecule has 7 nitrogen and oxygen atoms in total. The van der Waals surface area contributed by atoms with E-state index in [2.05, 4.69) is 15.9 Å².